The van der Waals surface area contributed by atoms with Gasteiger partial charge in [-0.3, -0.25) is 0 Å². The summed E-state index contributed by atoms with van der Waals surface area (Å²) in [5.74, 6) is 2.63. The first-order valence-electron chi connectivity index (χ1n) is 12.4. The third-order valence-electron chi connectivity index (χ3n) is 6.84. The Morgan fingerprint density at radius 3 is 2.17 bits per heavy atom. The smallest absolute Gasteiger partial charge is 0.120 e. The van der Waals surface area contributed by atoms with Crippen molar-refractivity contribution in [1.29, 1.82) is 0 Å². The minimum atomic E-state index is 0.306. The molecule has 0 amide bonds. The molecule has 4 aromatic rings. The van der Waals surface area contributed by atoms with E-state index >= 15 is 0 Å². The standard InChI is InChI=1S/C32H31BrO2/c33-20-7-21-34-28-15-12-26(13-16-28)32-30(25-10-5-2-6-11-25)18-14-27-22-29(17-19-31(27)32)35-23-24-8-3-1-4-9-24/h1-6,8-13,15-17,19,22,30,32H,7,14,18,20-21,23H2/t30-,32+/m0/s1. The van der Waals surface area contributed by atoms with Crippen LogP contribution in [0.1, 0.15) is 52.5 Å². The molecule has 0 fully saturated rings. The van der Waals surface area contributed by atoms with E-state index in [9.17, 15) is 0 Å². The van der Waals surface area contributed by atoms with Crippen LogP contribution in [0.25, 0.3) is 0 Å². The molecule has 2 atom stereocenters. The van der Waals surface area contributed by atoms with E-state index < -0.39 is 0 Å². The van der Waals surface area contributed by atoms with Gasteiger partial charge in [0, 0.05) is 11.2 Å². The van der Waals surface area contributed by atoms with E-state index in [1.54, 1.807) is 0 Å². The normalized spacial score (nSPS) is 16.9. The summed E-state index contributed by atoms with van der Waals surface area (Å²) >= 11 is 3.47. The van der Waals surface area contributed by atoms with Crippen molar-refractivity contribution >= 4 is 15.9 Å². The molecule has 0 saturated heterocycles. The van der Waals surface area contributed by atoms with E-state index in [1.165, 1.54) is 27.8 Å². The number of aryl methyl sites for hydroxylation is 1. The maximum Gasteiger partial charge on any atom is 0.120 e. The highest BCUT2D eigenvalue weighted by Gasteiger charge is 2.32. The lowest BCUT2D eigenvalue weighted by molar-refractivity contribution is 0.305. The van der Waals surface area contributed by atoms with E-state index in [4.69, 9.17) is 9.47 Å². The van der Waals surface area contributed by atoms with E-state index in [-0.39, 0.29) is 0 Å². The van der Waals surface area contributed by atoms with Gasteiger partial charge in [0.1, 0.15) is 18.1 Å². The first-order valence-corrected chi connectivity index (χ1v) is 13.6. The molecule has 35 heavy (non-hydrogen) atoms. The third kappa shape index (κ3) is 5.79. The minimum absolute atomic E-state index is 0.306. The van der Waals surface area contributed by atoms with Crippen molar-refractivity contribution in [2.24, 2.45) is 0 Å². The van der Waals surface area contributed by atoms with Crippen LogP contribution in [0, 0.1) is 0 Å². The zero-order valence-corrected chi connectivity index (χ0v) is 21.5. The number of rotatable bonds is 9. The fourth-order valence-corrected chi connectivity index (χ4v) is 5.34. The Labute approximate surface area is 217 Å². The van der Waals surface area contributed by atoms with Crippen LogP contribution in [0.4, 0.5) is 0 Å². The summed E-state index contributed by atoms with van der Waals surface area (Å²) in [5.41, 5.74) is 6.73. The molecular weight excluding hydrogens is 496 g/mol. The fourth-order valence-electron chi connectivity index (χ4n) is 5.11. The SMILES string of the molecule is BrCCCOc1ccc([C@H]2c3ccc(OCc4ccccc4)cc3CC[C@H]2c2ccccc2)cc1. The Morgan fingerprint density at radius 2 is 1.43 bits per heavy atom. The van der Waals surface area contributed by atoms with Gasteiger partial charge in [-0.05, 0) is 77.3 Å². The average molecular weight is 528 g/mol. The van der Waals surface area contributed by atoms with Gasteiger partial charge >= 0.3 is 0 Å². The van der Waals surface area contributed by atoms with Crippen LogP contribution in [-0.2, 0) is 13.0 Å². The van der Waals surface area contributed by atoms with Crippen LogP contribution < -0.4 is 9.47 Å². The number of alkyl halides is 1. The molecule has 0 bridgehead atoms. The van der Waals surface area contributed by atoms with E-state index in [2.05, 4.69) is 113 Å². The van der Waals surface area contributed by atoms with Gasteiger partial charge in [0.15, 0.2) is 0 Å². The lowest BCUT2D eigenvalue weighted by Crippen LogP contribution is -2.20. The molecule has 0 saturated carbocycles. The highest BCUT2D eigenvalue weighted by Crippen LogP contribution is 2.47. The molecular formula is C32H31BrO2. The van der Waals surface area contributed by atoms with Crippen molar-refractivity contribution in [2.75, 3.05) is 11.9 Å². The summed E-state index contributed by atoms with van der Waals surface area (Å²) in [6.07, 6.45) is 3.18. The number of hydrogen-bond acceptors (Lipinski definition) is 2. The Bertz CT molecular complexity index is 1210. The lowest BCUT2D eigenvalue weighted by Gasteiger charge is -2.35. The molecule has 3 heteroatoms. The maximum atomic E-state index is 6.15. The van der Waals surface area contributed by atoms with Crippen LogP contribution in [-0.4, -0.2) is 11.9 Å². The number of halogens is 1. The van der Waals surface area contributed by atoms with Gasteiger partial charge in [-0.1, -0.05) is 94.8 Å². The molecule has 2 nitrogen and oxygen atoms in total. The Balaban J connectivity index is 1.42. The van der Waals surface area contributed by atoms with Gasteiger partial charge in [-0.15, -0.1) is 0 Å². The fraction of sp³-hybridized carbons (Fsp3) is 0.250. The van der Waals surface area contributed by atoms with E-state index in [0.717, 1.165) is 42.7 Å². The van der Waals surface area contributed by atoms with Crippen molar-refractivity contribution < 1.29 is 9.47 Å². The second kappa shape index (κ2) is 11.6. The van der Waals surface area contributed by atoms with Gasteiger partial charge in [-0.25, -0.2) is 0 Å². The lowest BCUT2D eigenvalue weighted by atomic mass is 9.69. The predicted molar refractivity (Wildman–Crippen MR) is 147 cm³/mol. The van der Waals surface area contributed by atoms with Crippen molar-refractivity contribution in [3.63, 3.8) is 0 Å². The highest BCUT2D eigenvalue weighted by atomic mass is 79.9. The molecule has 1 aliphatic rings. The summed E-state index contributed by atoms with van der Waals surface area (Å²) in [6.45, 7) is 1.32. The average Bonchev–Trinajstić information content (AvgIpc) is 2.93. The largest absolute Gasteiger partial charge is 0.494 e. The summed E-state index contributed by atoms with van der Waals surface area (Å²) in [6, 6.07) is 36.7. The third-order valence-corrected chi connectivity index (χ3v) is 7.40. The molecule has 0 aliphatic heterocycles. The van der Waals surface area contributed by atoms with Crippen molar-refractivity contribution in [2.45, 2.75) is 37.7 Å². The minimum Gasteiger partial charge on any atom is -0.494 e. The van der Waals surface area contributed by atoms with Gasteiger partial charge in [0.25, 0.3) is 0 Å². The first kappa shape index (κ1) is 23.7. The van der Waals surface area contributed by atoms with Gasteiger partial charge in [-0.2, -0.15) is 0 Å². The number of benzene rings is 4. The van der Waals surface area contributed by atoms with Gasteiger partial charge < -0.3 is 9.47 Å². The van der Waals surface area contributed by atoms with Crippen molar-refractivity contribution in [3.8, 4) is 11.5 Å². The molecule has 0 radical (unpaired) electrons. The number of fused-ring (bicyclic) bond motifs is 1. The molecule has 178 valence electrons. The monoisotopic (exact) mass is 526 g/mol. The maximum absolute atomic E-state index is 6.15. The summed E-state index contributed by atoms with van der Waals surface area (Å²) in [7, 11) is 0. The zero-order chi connectivity index (χ0) is 23.9. The van der Waals surface area contributed by atoms with Gasteiger partial charge in [0.05, 0.1) is 6.61 Å². The number of ether oxygens (including phenoxy) is 2. The summed E-state index contributed by atoms with van der Waals surface area (Å²) in [5, 5.41) is 0.958. The summed E-state index contributed by atoms with van der Waals surface area (Å²) < 4.78 is 12.1. The van der Waals surface area contributed by atoms with Crippen molar-refractivity contribution in [3.05, 3.63) is 131 Å². The van der Waals surface area contributed by atoms with Crippen LogP contribution in [0.5, 0.6) is 11.5 Å². The molecule has 0 aromatic heterocycles. The molecule has 0 heterocycles. The predicted octanol–water partition coefficient (Wildman–Crippen LogP) is 8.29. The first-order chi connectivity index (χ1) is 17.3. The van der Waals surface area contributed by atoms with Crippen LogP contribution >= 0.6 is 15.9 Å². The Kier molecular flexibility index (Phi) is 7.85. The van der Waals surface area contributed by atoms with E-state index in [1.807, 2.05) is 6.07 Å². The summed E-state index contributed by atoms with van der Waals surface area (Å²) in [4.78, 5) is 0. The second-order valence-corrected chi connectivity index (χ2v) is 9.92. The topological polar surface area (TPSA) is 18.5 Å². The quantitative estimate of drug-likeness (QED) is 0.161. The van der Waals surface area contributed by atoms with Crippen LogP contribution in [0.15, 0.2) is 103 Å². The van der Waals surface area contributed by atoms with Crippen LogP contribution in [0.2, 0.25) is 0 Å². The molecule has 0 N–H and O–H groups in total. The Hall–Kier alpha value is -3.04. The molecule has 1 aliphatic carbocycles. The number of hydrogen-bond donors (Lipinski definition) is 0. The Morgan fingerprint density at radius 1 is 0.714 bits per heavy atom. The molecule has 5 rings (SSSR count). The van der Waals surface area contributed by atoms with Gasteiger partial charge in [0.2, 0.25) is 0 Å². The molecule has 0 spiro atoms. The van der Waals surface area contributed by atoms with Crippen molar-refractivity contribution in [1.82, 2.24) is 0 Å². The second-order valence-electron chi connectivity index (χ2n) is 9.13. The van der Waals surface area contributed by atoms with E-state index in [0.29, 0.717) is 18.4 Å². The zero-order valence-electron chi connectivity index (χ0n) is 19.9. The van der Waals surface area contributed by atoms with Crippen LogP contribution in [0.3, 0.4) is 0 Å². The highest BCUT2D eigenvalue weighted by molar-refractivity contribution is 9.09. The molecule has 4 aromatic carbocycles. The molecule has 0 unspecified atom stereocenters.